The van der Waals surface area contributed by atoms with E-state index in [1.165, 1.54) is 40.7 Å². The number of carbonyl (C=O) groups excluding carboxylic acids is 1. The summed E-state index contributed by atoms with van der Waals surface area (Å²) in [5.41, 5.74) is 1.31. The number of rotatable bonds is 9. The summed E-state index contributed by atoms with van der Waals surface area (Å²) in [6, 6.07) is 15.2. The molecule has 0 aromatic heterocycles. The molecule has 142 valence electrons. The molecule has 0 radical (unpaired) electrons. The van der Waals surface area contributed by atoms with Crippen molar-refractivity contribution in [3.8, 4) is 0 Å². The van der Waals surface area contributed by atoms with Gasteiger partial charge in [-0.05, 0) is 29.8 Å². The first-order chi connectivity index (χ1) is 13.0. The van der Waals surface area contributed by atoms with E-state index in [-0.39, 0.29) is 24.6 Å². The molecule has 0 bridgehead atoms. The zero-order chi connectivity index (χ0) is 19.7. The number of hydrogen-bond acceptors (Lipinski definition) is 4. The summed E-state index contributed by atoms with van der Waals surface area (Å²) in [5, 5.41) is 2.57. The van der Waals surface area contributed by atoms with Crippen LogP contribution in [0.4, 0.5) is 10.5 Å². The molecule has 1 N–H and O–H groups in total. The van der Waals surface area contributed by atoms with Crippen molar-refractivity contribution in [1.29, 1.82) is 0 Å². The van der Waals surface area contributed by atoms with Gasteiger partial charge in [0.25, 0.3) is 0 Å². The summed E-state index contributed by atoms with van der Waals surface area (Å²) in [6.07, 6.45) is 2.41. The SMILES string of the molecule is C=CCN(CC=C)S(=O)(=O)c1ccc(NC(=O)OCc2ccccc2)cc1. The molecule has 2 rings (SSSR count). The van der Waals surface area contributed by atoms with Crippen LogP contribution in [0.15, 0.2) is 84.8 Å². The average Bonchev–Trinajstić information content (AvgIpc) is 2.67. The molecule has 0 unspecified atom stereocenters. The van der Waals surface area contributed by atoms with Crippen molar-refractivity contribution in [2.24, 2.45) is 0 Å². The molecule has 6 nitrogen and oxygen atoms in total. The van der Waals surface area contributed by atoms with Crippen LogP contribution in [0.1, 0.15) is 5.56 Å². The third kappa shape index (κ3) is 5.80. The Kier molecular flexibility index (Phi) is 7.34. The lowest BCUT2D eigenvalue weighted by molar-refractivity contribution is 0.155. The number of anilines is 1. The fourth-order valence-electron chi connectivity index (χ4n) is 2.30. The second kappa shape index (κ2) is 9.70. The van der Waals surface area contributed by atoms with E-state index in [2.05, 4.69) is 18.5 Å². The smallest absolute Gasteiger partial charge is 0.411 e. The van der Waals surface area contributed by atoms with E-state index in [9.17, 15) is 13.2 Å². The highest BCUT2D eigenvalue weighted by Gasteiger charge is 2.22. The number of benzene rings is 2. The number of hydrogen-bond donors (Lipinski definition) is 1. The van der Waals surface area contributed by atoms with E-state index in [1.54, 1.807) is 0 Å². The van der Waals surface area contributed by atoms with Gasteiger partial charge in [-0.1, -0.05) is 42.5 Å². The molecule has 0 fully saturated rings. The predicted molar refractivity (Wildman–Crippen MR) is 106 cm³/mol. The Morgan fingerprint density at radius 2 is 1.59 bits per heavy atom. The lowest BCUT2D eigenvalue weighted by Gasteiger charge is -2.19. The van der Waals surface area contributed by atoms with Crippen molar-refractivity contribution < 1.29 is 17.9 Å². The summed E-state index contributed by atoms with van der Waals surface area (Å²) in [4.78, 5) is 12.0. The predicted octanol–water partition coefficient (Wildman–Crippen LogP) is 3.80. The Balaban J connectivity index is 2.00. The summed E-state index contributed by atoms with van der Waals surface area (Å²) in [7, 11) is -3.67. The van der Waals surface area contributed by atoms with Crippen LogP contribution < -0.4 is 5.32 Å². The van der Waals surface area contributed by atoms with Gasteiger partial charge < -0.3 is 4.74 Å². The van der Waals surface area contributed by atoms with Gasteiger partial charge in [0, 0.05) is 18.8 Å². The maximum absolute atomic E-state index is 12.6. The van der Waals surface area contributed by atoms with E-state index in [4.69, 9.17) is 4.74 Å². The largest absolute Gasteiger partial charge is 0.444 e. The minimum absolute atomic E-state index is 0.120. The van der Waals surface area contributed by atoms with Gasteiger partial charge in [-0.3, -0.25) is 5.32 Å². The molecular formula is C20H22N2O4S. The van der Waals surface area contributed by atoms with Crippen LogP contribution in [-0.4, -0.2) is 31.9 Å². The molecular weight excluding hydrogens is 364 g/mol. The Hall–Kier alpha value is -2.90. The minimum atomic E-state index is -3.67. The van der Waals surface area contributed by atoms with Crippen molar-refractivity contribution in [3.05, 3.63) is 85.5 Å². The Morgan fingerprint density at radius 1 is 1.00 bits per heavy atom. The molecule has 2 aromatic carbocycles. The third-order valence-electron chi connectivity index (χ3n) is 3.62. The average molecular weight is 386 g/mol. The van der Waals surface area contributed by atoms with Crippen molar-refractivity contribution in [2.45, 2.75) is 11.5 Å². The number of amides is 1. The normalized spacial score (nSPS) is 11.0. The number of nitrogens with zero attached hydrogens (tertiary/aromatic N) is 1. The first-order valence-corrected chi connectivity index (χ1v) is 9.71. The number of carbonyl (C=O) groups is 1. The van der Waals surface area contributed by atoms with Crippen molar-refractivity contribution >= 4 is 21.8 Å². The molecule has 1 amide bonds. The second-order valence-electron chi connectivity index (χ2n) is 5.61. The quantitative estimate of drug-likeness (QED) is 0.665. The molecule has 0 aliphatic heterocycles. The molecule has 7 heteroatoms. The van der Waals surface area contributed by atoms with Crippen LogP contribution in [0, 0.1) is 0 Å². The maximum atomic E-state index is 12.6. The lowest BCUT2D eigenvalue weighted by Crippen LogP contribution is -2.31. The van der Waals surface area contributed by atoms with Crippen LogP contribution >= 0.6 is 0 Å². The topological polar surface area (TPSA) is 75.7 Å². The molecule has 0 atom stereocenters. The highest BCUT2D eigenvalue weighted by atomic mass is 32.2. The fraction of sp³-hybridized carbons (Fsp3) is 0.150. The first-order valence-electron chi connectivity index (χ1n) is 8.27. The number of ether oxygens (including phenoxy) is 1. The van der Waals surface area contributed by atoms with Gasteiger partial charge in [-0.25, -0.2) is 13.2 Å². The zero-order valence-corrected chi connectivity index (χ0v) is 15.7. The molecule has 0 heterocycles. The Labute approximate surface area is 159 Å². The standard InChI is InChI=1S/C20H22N2O4S/c1-3-14-22(15-4-2)27(24,25)19-12-10-18(11-13-19)21-20(23)26-16-17-8-6-5-7-9-17/h3-13H,1-2,14-16H2,(H,21,23). The molecule has 0 aliphatic rings. The van der Waals surface area contributed by atoms with E-state index >= 15 is 0 Å². The highest BCUT2D eigenvalue weighted by Crippen LogP contribution is 2.19. The molecule has 2 aromatic rings. The summed E-state index contributed by atoms with van der Waals surface area (Å²) in [6.45, 7) is 7.66. The molecule has 0 saturated carbocycles. The van der Waals surface area contributed by atoms with Crippen LogP contribution in [0.25, 0.3) is 0 Å². The van der Waals surface area contributed by atoms with Crippen LogP contribution in [0.5, 0.6) is 0 Å². The number of sulfonamides is 1. The summed E-state index contributed by atoms with van der Waals surface area (Å²) in [5.74, 6) is 0. The first kappa shape index (κ1) is 20.4. The molecule has 27 heavy (non-hydrogen) atoms. The van der Waals surface area contributed by atoms with E-state index < -0.39 is 16.1 Å². The molecule has 0 saturated heterocycles. The Morgan fingerprint density at radius 3 is 2.15 bits per heavy atom. The van der Waals surface area contributed by atoms with Gasteiger partial charge in [0.1, 0.15) is 6.61 Å². The van der Waals surface area contributed by atoms with Gasteiger partial charge in [-0.2, -0.15) is 4.31 Å². The van der Waals surface area contributed by atoms with Gasteiger partial charge >= 0.3 is 6.09 Å². The van der Waals surface area contributed by atoms with Gasteiger partial charge in [0.15, 0.2) is 0 Å². The van der Waals surface area contributed by atoms with Crippen LogP contribution in [0.2, 0.25) is 0 Å². The fourth-order valence-corrected chi connectivity index (χ4v) is 3.68. The minimum Gasteiger partial charge on any atom is -0.444 e. The van der Waals surface area contributed by atoms with E-state index in [1.807, 2.05) is 30.3 Å². The highest BCUT2D eigenvalue weighted by molar-refractivity contribution is 7.89. The third-order valence-corrected chi connectivity index (χ3v) is 5.46. The van der Waals surface area contributed by atoms with Crippen molar-refractivity contribution in [3.63, 3.8) is 0 Å². The van der Waals surface area contributed by atoms with Crippen LogP contribution in [0.3, 0.4) is 0 Å². The van der Waals surface area contributed by atoms with Gasteiger partial charge in [0.05, 0.1) is 4.90 Å². The van der Waals surface area contributed by atoms with Crippen LogP contribution in [-0.2, 0) is 21.4 Å². The van der Waals surface area contributed by atoms with Crippen molar-refractivity contribution in [2.75, 3.05) is 18.4 Å². The molecule has 0 aliphatic carbocycles. The maximum Gasteiger partial charge on any atom is 0.411 e. The zero-order valence-electron chi connectivity index (χ0n) is 14.9. The summed E-state index contributed by atoms with van der Waals surface area (Å²) < 4.78 is 31.6. The monoisotopic (exact) mass is 386 g/mol. The Bertz CT molecular complexity index is 868. The van der Waals surface area contributed by atoms with Gasteiger partial charge in [-0.15, -0.1) is 13.2 Å². The molecule has 0 spiro atoms. The van der Waals surface area contributed by atoms with E-state index in [0.29, 0.717) is 5.69 Å². The second-order valence-corrected chi connectivity index (χ2v) is 7.55. The van der Waals surface area contributed by atoms with Gasteiger partial charge in [0.2, 0.25) is 10.0 Å². The number of nitrogens with one attached hydrogen (secondary N) is 1. The van der Waals surface area contributed by atoms with Crippen molar-refractivity contribution in [1.82, 2.24) is 4.31 Å². The lowest BCUT2D eigenvalue weighted by atomic mass is 10.2. The summed E-state index contributed by atoms with van der Waals surface area (Å²) >= 11 is 0. The van der Waals surface area contributed by atoms with E-state index in [0.717, 1.165) is 5.56 Å².